The molecule has 0 bridgehead atoms. The normalized spacial score (nSPS) is 8.92. The Morgan fingerprint density at radius 1 is 0.692 bits per heavy atom. The van der Waals surface area contributed by atoms with Crippen LogP contribution in [0.3, 0.4) is 0 Å². The van der Waals surface area contributed by atoms with Crippen LogP contribution < -0.4 is 6.15 Å². The molecule has 1 aromatic carbocycles. The van der Waals surface area contributed by atoms with Crippen molar-refractivity contribution in [3.8, 4) is 11.1 Å². The molecule has 0 saturated carbocycles. The van der Waals surface area contributed by atoms with Gasteiger partial charge in [-0.2, -0.15) is 0 Å². The van der Waals surface area contributed by atoms with E-state index in [1.165, 1.54) is 11.1 Å². The van der Waals surface area contributed by atoms with Gasteiger partial charge in [-0.1, -0.05) is 30.3 Å². The lowest BCUT2D eigenvalue weighted by atomic mass is 10.1. The smallest absolute Gasteiger partial charge is 0.0273 e. The highest BCUT2D eigenvalue weighted by molar-refractivity contribution is 5.62. The minimum Gasteiger partial charge on any atom is -0.344 e. The molecular formula is C11H12N2. The van der Waals surface area contributed by atoms with Crippen LogP contribution in [0, 0.1) is 0 Å². The zero-order valence-corrected chi connectivity index (χ0v) is 7.35. The summed E-state index contributed by atoms with van der Waals surface area (Å²) in [4.78, 5) is 3.97. The SMILES string of the molecule is N.c1ccc(-c2ccncc2)cc1. The van der Waals surface area contributed by atoms with E-state index in [0.29, 0.717) is 0 Å². The molecule has 0 atom stereocenters. The number of hydrogen-bond donors (Lipinski definition) is 1. The van der Waals surface area contributed by atoms with Crippen LogP contribution in [-0.2, 0) is 0 Å². The Kier molecular flexibility index (Phi) is 3.17. The van der Waals surface area contributed by atoms with E-state index in [9.17, 15) is 0 Å². The first-order valence-corrected chi connectivity index (χ1v) is 3.92. The van der Waals surface area contributed by atoms with E-state index in [4.69, 9.17) is 0 Å². The van der Waals surface area contributed by atoms with Crippen molar-refractivity contribution < 1.29 is 0 Å². The average molecular weight is 172 g/mol. The van der Waals surface area contributed by atoms with Crippen LogP contribution in [-0.4, -0.2) is 4.98 Å². The average Bonchev–Trinajstić information content (AvgIpc) is 2.21. The summed E-state index contributed by atoms with van der Waals surface area (Å²) in [6.07, 6.45) is 3.62. The van der Waals surface area contributed by atoms with Gasteiger partial charge in [-0.15, -0.1) is 0 Å². The summed E-state index contributed by atoms with van der Waals surface area (Å²) in [7, 11) is 0. The minimum absolute atomic E-state index is 0. The fraction of sp³-hybridized carbons (Fsp3) is 0. The van der Waals surface area contributed by atoms with Crippen molar-refractivity contribution in [1.82, 2.24) is 11.1 Å². The summed E-state index contributed by atoms with van der Waals surface area (Å²) in [6, 6.07) is 14.3. The molecule has 3 N–H and O–H groups in total. The van der Waals surface area contributed by atoms with Gasteiger partial charge in [0.25, 0.3) is 0 Å². The second-order valence-electron chi connectivity index (χ2n) is 2.60. The van der Waals surface area contributed by atoms with Gasteiger partial charge in [-0.25, -0.2) is 0 Å². The fourth-order valence-electron chi connectivity index (χ4n) is 1.17. The van der Waals surface area contributed by atoms with Gasteiger partial charge < -0.3 is 6.15 Å². The zero-order valence-electron chi connectivity index (χ0n) is 7.35. The lowest BCUT2D eigenvalue weighted by Crippen LogP contribution is -1.76. The van der Waals surface area contributed by atoms with Crippen LogP contribution in [0.4, 0.5) is 0 Å². The van der Waals surface area contributed by atoms with Gasteiger partial charge in [0, 0.05) is 12.4 Å². The number of aromatic nitrogens is 1. The van der Waals surface area contributed by atoms with Crippen LogP contribution in [0.1, 0.15) is 0 Å². The highest BCUT2D eigenvalue weighted by Crippen LogP contribution is 2.16. The molecule has 0 aliphatic heterocycles. The Hall–Kier alpha value is -1.67. The van der Waals surface area contributed by atoms with Crippen molar-refractivity contribution in [2.75, 3.05) is 0 Å². The maximum absolute atomic E-state index is 3.97. The first-order valence-electron chi connectivity index (χ1n) is 3.92. The Morgan fingerprint density at radius 3 is 1.85 bits per heavy atom. The molecule has 0 saturated heterocycles. The van der Waals surface area contributed by atoms with Crippen molar-refractivity contribution >= 4 is 0 Å². The third-order valence-corrected chi connectivity index (χ3v) is 1.79. The molecule has 0 aliphatic carbocycles. The van der Waals surface area contributed by atoms with Gasteiger partial charge in [-0.05, 0) is 23.3 Å². The molecule has 0 fully saturated rings. The van der Waals surface area contributed by atoms with Gasteiger partial charge in [-0.3, -0.25) is 4.98 Å². The number of benzene rings is 1. The minimum atomic E-state index is 0. The van der Waals surface area contributed by atoms with Gasteiger partial charge in [0.2, 0.25) is 0 Å². The predicted octanol–water partition coefficient (Wildman–Crippen LogP) is 2.91. The Bertz CT molecular complexity index is 305. The molecule has 0 radical (unpaired) electrons. The van der Waals surface area contributed by atoms with E-state index in [1.807, 2.05) is 42.7 Å². The third kappa shape index (κ3) is 2.13. The molecule has 2 nitrogen and oxygen atoms in total. The molecule has 66 valence electrons. The van der Waals surface area contributed by atoms with Crippen molar-refractivity contribution in [2.45, 2.75) is 0 Å². The monoisotopic (exact) mass is 172 g/mol. The molecule has 1 aromatic heterocycles. The zero-order chi connectivity index (χ0) is 8.23. The molecule has 2 rings (SSSR count). The van der Waals surface area contributed by atoms with Gasteiger partial charge in [0.1, 0.15) is 0 Å². The fourth-order valence-corrected chi connectivity index (χ4v) is 1.17. The first-order chi connectivity index (χ1) is 5.97. The molecule has 0 amide bonds. The van der Waals surface area contributed by atoms with Crippen LogP contribution in [0.25, 0.3) is 11.1 Å². The highest BCUT2D eigenvalue weighted by Gasteiger charge is 1.92. The van der Waals surface area contributed by atoms with E-state index < -0.39 is 0 Å². The summed E-state index contributed by atoms with van der Waals surface area (Å²) in [5.41, 5.74) is 2.45. The Labute approximate surface area is 77.8 Å². The maximum atomic E-state index is 3.97. The van der Waals surface area contributed by atoms with E-state index >= 15 is 0 Å². The summed E-state index contributed by atoms with van der Waals surface area (Å²) in [6.45, 7) is 0. The first kappa shape index (κ1) is 9.42. The number of rotatable bonds is 1. The lowest BCUT2D eigenvalue weighted by Gasteiger charge is -1.98. The summed E-state index contributed by atoms with van der Waals surface area (Å²) in [5, 5.41) is 0. The Morgan fingerprint density at radius 2 is 1.23 bits per heavy atom. The summed E-state index contributed by atoms with van der Waals surface area (Å²) < 4.78 is 0. The molecule has 2 aromatic rings. The van der Waals surface area contributed by atoms with Gasteiger partial charge in [0.05, 0.1) is 0 Å². The largest absolute Gasteiger partial charge is 0.344 e. The van der Waals surface area contributed by atoms with Crippen molar-refractivity contribution in [3.63, 3.8) is 0 Å². The number of nitrogens with zero attached hydrogens (tertiary/aromatic N) is 1. The second kappa shape index (κ2) is 4.38. The number of hydrogen-bond acceptors (Lipinski definition) is 2. The molecule has 0 spiro atoms. The molecule has 1 heterocycles. The van der Waals surface area contributed by atoms with E-state index in [-0.39, 0.29) is 6.15 Å². The number of pyridine rings is 1. The molecule has 0 unspecified atom stereocenters. The van der Waals surface area contributed by atoms with Crippen molar-refractivity contribution in [3.05, 3.63) is 54.9 Å². The summed E-state index contributed by atoms with van der Waals surface area (Å²) in [5.74, 6) is 0. The van der Waals surface area contributed by atoms with Crippen molar-refractivity contribution in [2.24, 2.45) is 0 Å². The molecular weight excluding hydrogens is 160 g/mol. The molecule has 13 heavy (non-hydrogen) atoms. The van der Waals surface area contributed by atoms with Gasteiger partial charge >= 0.3 is 0 Å². The quantitative estimate of drug-likeness (QED) is 0.718. The maximum Gasteiger partial charge on any atom is 0.0273 e. The van der Waals surface area contributed by atoms with Gasteiger partial charge in [0.15, 0.2) is 0 Å². The molecule has 2 heteroatoms. The molecule has 0 aliphatic rings. The van der Waals surface area contributed by atoms with Crippen LogP contribution in [0.15, 0.2) is 54.9 Å². The second-order valence-corrected chi connectivity index (χ2v) is 2.60. The van der Waals surface area contributed by atoms with Crippen molar-refractivity contribution in [1.29, 1.82) is 0 Å². The van der Waals surface area contributed by atoms with Crippen LogP contribution >= 0.6 is 0 Å². The standard InChI is InChI=1S/C11H9N.H3N/c1-2-4-10(5-3-1)11-6-8-12-9-7-11;/h1-9H;1H3. The van der Waals surface area contributed by atoms with E-state index in [0.717, 1.165) is 0 Å². The predicted molar refractivity (Wildman–Crippen MR) is 54.7 cm³/mol. The summed E-state index contributed by atoms with van der Waals surface area (Å²) >= 11 is 0. The van der Waals surface area contributed by atoms with Crippen LogP contribution in [0.2, 0.25) is 0 Å². The van der Waals surface area contributed by atoms with E-state index in [1.54, 1.807) is 0 Å². The Balaban J connectivity index is 0.000000845. The lowest BCUT2D eigenvalue weighted by molar-refractivity contribution is 1.33. The van der Waals surface area contributed by atoms with Crippen LogP contribution in [0.5, 0.6) is 0 Å². The third-order valence-electron chi connectivity index (χ3n) is 1.79. The van der Waals surface area contributed by atoms with E-state index in [2.05, 4.69) is 17.1 Å². The highest BCUT2D eigenvalue weighted by atomic mass is 14.6. The topological polar surface area (TPSA) is 47.9 Å².